The van der Waals surface area contributed by atoms with Crippen LogP contribution in [-0.2, 0) is 0 Å². The first-order valence-electron chi connectivity index (χ1n) is 8.41. The van der Waals surface area contributed by atoms with Crippen LogP contribution in [0, 0.1) is 20.2 Å². The van der Waals surface area contributed by atoms with Crippen molar-refractivity contribution in [2.24, 2.45) is 0 Å². The van der Waals surface area contributed by atoms with Gasteiger partial charge in [0.05, 0.1) is 35.1 Å². The highest BCUT2D eigenvalue weighted by Crippen LogP contribution is 2.26. The molecule has 0 radical (unpaired) electrons. The Balaban J connectivity index is 1.71. The summed E-state index contributed by atoms with van der Waals surface area (Å²) in [5.41, 5.74) is -1.09. The number of rotatable bonds is 6. The van der Waals surface area contributed by atoms with Gasteiger partial charge in [0.25, 0.3) is 17.3 Å². The number of amides is 1. The van der Waals surface area contributed by atoms with Gasteiger partial charge in [0.15, 0.2) is 0 Å². The van der Waals surface area contributed by atoms with Crippen LogP contribution in [0.1, 0.15) is 16.8 Å². The lowest BCUT2D eigenvalue weighted by Crippen LogP contribution is -2.31. The van der Waals surface area contributed by atoms with Gasteiger partial charge in [-0.3, -0.25) is 25.0 Å². The molecule has 10 nitrogen and oxygen atoms in total. The Kier molecular flexibility index (Phi) is 5.39. The number of nitrogens with zero attached hydrogens (tertiary/aromatic N) is 3. The van der Waals surface area contributed by atoms with Gasteiger partial charge in [-0.05, 0) is 24.3 Å². The second-order valence-electron chi connectivity index (χ2n) is 6.21. The molecule has 1 saturated heterocycles. The second-order valence-corrected chi connectivity index (χ2v) is 6.21. The van der Waals surface area contributed by atoms with Crippen molar-refractivity contribution in [3.63, 3.8) is 0 Å². The van der Waals surface area contributed by atoms with Crippen LogP contribution >= 0.6 is 0 Å². The molecule has 2 aromatic carbocycles. The summed E-state index contributed by atoms with van der Waals surface area (Å²) in [6, 6.07) is 9.96. The van der Waals surface area contributed by atoms with Crippen molar-refractivity contribution in [3.05, 3.63) is 68.3 Å². The van der Waals surface area contributed by atoms with Crippen molar-refractivity contribution >= 4 is 17.3 Å². The fourth-order valence-electron chi connectivity index (χ4n) is 2.97. The minimum atomic E-state index is -0.761. The Labute approximate surface area is 159 Å². The van der Waals surface area contributed by atoms with Gasteiger partial charge >= 0.3 is 0 Å². The van der Waals surface area contributed by atoms with Crippen LogP contribution in [0.4, 0.5) is 11.4 Å². The normalized spacial score (nSPS) is 15.9. The van der Waals surface area contributed by atoms with E-state index in [1.54, 1.807) is 31.4 Å². The minimum Gasteiger partial charge on any atom is -0.497 e. The Morgan fingerprint density at radius 1 is 1.04 bits per heavy atom. The van der Waals surface area contributed by atoms with Gasteiger partial charge in [-0.15, -0.1) is 0 Å². The summed E-state index contributed by atoms with van der Waals surface area (Å²) >= 11 is 0. The predicted octanol–water partition coefficient (Wildman–Crippen LogP) is 2.81. The molecular weight excluding hydrogens is 370 g/mol. The van der Waals surface area contributed by atoms with Crippen LogP contribution in [0.3, 0.4) is 0 Å². The van der Waals surface area contributed by atoms with E-state index in [1.165, 1.54) is 4.90 Å². The third-order valence-electron chi connectivity index (χ3n) is 4.37. The lowest BCUT2D eigenvalue weighted by molar-refractivity contribution is -0.394. The topological polar surface area (TPSA) is 125 Å². The minimum absolute atomic E-state index is 0.0917. The molecule has 0 N–H and O–H groups in total. The Morgan fingerprint density at radius 2 is 1.61 bits per heavy atom. The van der Waals surface area contributed by atoms with Crippen LogP contribution in [0.15, 0.2) is 42.5 Å². The molecule has 0 spiro atoms. The smallest absolute Gasteiger partial charge is 0.277 e. The van der Waals surface area contributed by atoms with Gasteiger partial charge in [0.1, 0.15) is 17.6 Å². The number of benzene rings is 2. The number of likely N-dealkylation sites (tertiary alicyclic amines) is 1. The average Bonchev–Trinajstić information content (AvgIpc) is 3.16. The summed E-state index contributed by atoms with van der Waals surface area (Å²) < 4.78 is 10.9. The van der Waals surface area contributed by atoms with E-state index in [9.17, 15) is 25.0 Å². The predicted molar refractivity (Wildman–Crippen MR) is 97.7 cm³/mol. The van der Waals surface area contributed by atoms with Gasteiger partial charge in [-0.25, -0.2) is 0 Å². The highest BCUT2D eigenvalue weighted by molar-refractivity contribution is 5.95. The van der Waals surface area contributed by atoms with Crippen LogP contribution in [-0.4, -0.2) is 47.0 Å². The Morgan fingerprint density at radius 3 is 2.14 bits per heavy atom. The quantitative estimate of drug-likeness (QED) is 0.551. The van der Waals surface area contributed by atoms with Gasteiger partial charge in [0.2, 0.25) is 0 Å². The molecule has 0 aliphatic carbocycles. The van der Waals surface area contributed by atoms with Crippen molar-refractivity contribution in [3.8, 4) is 11.5 Å². The van der Waals surface area contributed by atoms with E-state index < -0.39 is 27.1 Å². The molecular formula is C18H17N3O7. The van der Waals surface area contributed by atoms with Crippen molar-refractivity contribution in [2.45, 2.75) is 12.5 Å². The molecule has 10 heteroatoms. The molecule has 0 unspecified atom stereocenters. The fourth-order valence-corrected chi connectivity index (χ4v) is 2.97. The Hall–Kier alpha value is -3.69. The van der Waals surface area contributed by atoms with Crippen molar-refractivity contribution < 1.29 is 24.1 Å². The number of carbonyl (C=O) groups excluding carboxylic acids is 1. The van der Waals surface area contributed by atoms with Crippen LogP contribution in [0.5, 0.6) is 11.5 Å². The molecule has 0 aromatic heterocycles. The average molecular weight is 387 g/mol. The number of ether oxygens (including phenoxy) is 2. The van der Waals surface area contributed by atoms with Gasteiger partial charge in [-0.2, -0.15) is 0 Å². The Bertz CT molecular complexity index is 882. The molecule has 0 saturated carbocycles. The van der Waals surface area contributed by atoms with E-state index >= 15 is 0 Å². The number of hydrogen-bond donors (Lipinski definition) is 0. The SMILES string of the molecule is COc1ccc(O[C@@H]2CCN(C(=O)c3cc([N+](=O)[O-])cc([N+](=O)[O-])c3)C2)cc1. The summed E-state index contributed by atoms with van der Waals surface area (Å²) in [5, 5.41) is 22.0. The van der Waals surface area contributed by atoms with Crippen molar-refractivity contribution in [1.29, 1.82) is 0 Å². The van der Waals surface area contributed by atoms with Crippen LogP contribution in [0.2, 0.25) is 0 Å². The number of nitro benzene ring substituents is 2. The maximum Gasteiger partial charge on any atom is 0.277 e. The molecule has 1 amide bonds. The monoisotopic (exact) mass is 387 g/mol. The summed E-state index contributed by atoms with van der Waals surface area (Å²) in [7, 11) is 1.56. The van der Waals surface area contributed by atoms with E-state index in [4.69, 9.17) is 9.47 Å². The van der Waals surface area contributed by atoms with Gasteiger partial charge < -0.3 is 14.4 Å². The summed E-state index contributed by atoms with van der Waals surface area (Å²) in [4.78, 5) is 34.6. The largest absolute Gasteiger partial charge is 0.497 e. The summed E-state index contributed by atoms with van der Waals surface area (Å²) in [6.07, 6.45) is 0.334. The molecule has 3 rings (SSSR count). The first kappa shape index (κ1) is 19.1. The third-order valence-corrected chi connectivity index (χ3v) is 4.37. The van der Waals surface area contributed by atoms with E-state index in [1.807, 2.05) is 0 Å². The molecule has 2 aromatic rings. The van der Waals surface area contributed by atoms with Gasteiger partial charge in [-0.1, -0.05) is 0 Å². The highest BCUT2D eigenvalue weighted by atomic mass is 16.6. The molecule has 28 heavy (non-hydrogen) atoms. The zero-order valence-corrected chi connectivity index (χ0v) is 14.9. The summed E-state index contributed by atoms with van der Waals surface area (Å²) in [6.45, 7) is 0.664. The van der Waals surface area contributed by atoms with E-state index in [0.29, 0.717) is 24.5 Å². The molecule has 1 fully saturated rings. The van der Waals surface area contributed by atoms with E-state index in [-0.39, 0.29) is 18.2 Å². The van der Waals surface area contributed by atoms with E-state index in [2.05, 4.69) is 0 Å². The van der Waals surface area contributed by atoms with Crippen LogP contribution < -0.4 is 9.47 Å². The number of carbonyl (C=O) groups is 1. The van der Waals surface area contributed by atoms with Crippen molar-refractivity contribution in [1.82, 2.24) is 4.90 Å². The molecule has 1 heterocycles. The second kappa shape index (κ2) is 7.91. The number of nitro groups is 2. The number of hydrogen-bond acceptors (Lipinski definition) is 7. The lowest BCUT2D eigenvalue weighted by atomic mass is 10.1. The highest BCUT2D eigenvalue weighted by Gasteiger charge is 2.30. The van der Waals surface area contributed by atoms with Crippen molar-refractivity contribution in [2.75, 3.05) is 20.2 Å². The maximum absolute atomic E-state index is 12.7. The molecule has 146 valence electrons. The fraction of sp³-hybridized carbons (Fsp3) is 0.278. The summed E-state index contributed by atoms with van der Waals surface area (Å²) in [5.74, 6) is 0.821. The first-order chi connectivity index (χ1) is 13.4. The molecule has 0 bridgehead atoms. The standard InChI is InChI=1S/C18H17N3O7/c1-27-15-2-4-16(5-3-15)28-17-6-7-19(11-17)18(22)12-8-13(20(23)24)10-14(9-12)21(25)26/h2-5,8-10,17H,6-7,11H2,1H3/t17-/m1/s1. The first-order valence-corrected chi connectivity index (χ1v) is 8.41. The third kappa shape index (κ3) is 4.17. The maximum atomic E-state index is 12.7. The van der Waals surface area contributed by atoms with Gasteiger partial charge in [0, 0.05) is 25.1 Å². The molecule has 1 atom stereocenters. The zero-order chi connectivity index (χ0) is 20.3. The lowest BCUT2D eigenvalue weighted by Gasteiger charge is -2.17. The van der Waals surface area contributed by atoms with Crippen LogP contribution in [0.25, 0.3) is 0 Å². The zero-order valence-electron chi connectivity index (χ0n) is 14.9. The van der Waals surface area contributed by atoms with E-state index in [0.717, 1.165) is 18.2 Å². The number of methoxy groups -OCH3 is 1. The molecule has 1 aliphatic heterocycles. The number of non-ortho nitro benzene ring substituents is 2. The molecule has 1 aliphatic rings.